The molecule has 0 saturated heterocycles. The van der Waals surface area contributed by atoms with Crippen LogP contribution < -0.4 is 0 Å². The zero-order chi connectivity index (χ0) is 17.2. The van der Waals surface area contributed by atoms with Gasteiger partial charge in [0, 0.05) is 5.69 Å². The summed E-state index contributed by atoms with van der Waals surface area (Å²) in [5.74, 6) is 2.85. The Morgan fingerprint density at radius 2 is 1.72 bits per heavy atom. The van der Waals surface area contributed by atoms with Gasteiger partial charge in [-0.2, -0.15) is 0 Å². The van der Waals surface area contributed by atoms with E-state index in [0.29, 0.717) is 6.54 Å². The lowest BCUT2D eigenvalue weighted by atomic mass is 10.3. The normalized spacial score (nSPS) is 11.3. The van der Waals surface area contributed by atoms with Crippen LogP contribution in [-0.4, -0.2) is 30.1 Å². The molecule has 0 aliphatic heterocycles. The quantitative estimate of drug-likeness (QED) is 0.509. The predicted octanol–water partition coefficient (Wildman–Crippen LogP) is 4.09. The molecule has 0 radical (unpaired) electrons. The van der Waals surface area contributed by atoms with E-state index in [-0.39, 0.29) is 0 Å². The van der Waals surface area contributed by atoms with Crippen LogP contribution in [0.1, 0.15) is 18.6 Å². The van der Waals surface area contributed by atoms with Gasteiger partial charge in [0.25, 0.3) is 0 Å². The minimum atomic E-state index is 0.637. The number of fused-ring (bicyclic) bond motifs is 1. The van der Waals surface area contributed by atoms with Gasteiger partial charge in [0.1, 0.15) is 5.82 Å². The minimum Gasteiger partial charge on any atom is -0.320 e. The first kappa shape index (κ1) is 15.9. The Morgan fingerprint density at radius 1 is 0.960 bits per heavy atom. The van der Waals surface area contributed by atoms with E-state index in [0.717, 1.165) is 39.3 Å². The van der Waals surface area contributed by atoms with Gasteiger partial charge >= 0.3 is 0 Å². The van der Waals surface area contributed by atoms with Gasteiger partial charge in [-0.1, -0.05) is 49.0 Å². The van der Waals surface area contributed by atoms with Gasteiger partial charge in [-0.05, 0) is 36.9 Å². The smallest absolute Gasteiger partial charge is 0.195 e. The van der Waals surface area contributed by atoms with E-state index in [9.17, 15) is 0 Å². The number of para-hydroxylation sites is 3. The molecule has 2 aromatic carbocycles. The first-order valence-electron chi connectivity index (χ1n) is 8.32. The average Bonchev–Trinajstić information content (AvgIpc) is 3.18. The lowest BCUT2D eigenvalue weighted by Gasteiger charge is -2.11. The molecule has 2 heterocycles. The molecular weight excluding hydrogens is 330 g/mol. The van der Waals surface area contributed by atoms with Crippen molar-refractivity contribution in [1.29, 1.82) is 0 Å². The van der Waals surface area contributed by atoms with Crippen LogP contribution in [-0.2, 0) is 6.54 Å². The molecule has 6 heteroatoms. The SMILES string of the molecule is CCSc1nnc(Cn2c(C)nc3ccccc32)n1-c1ccccc1. The summed E-state index contributed by atoms with van der Waals surface area (Å²) in [4.78, 5) is 4.66. The summed E-state index contributed by atoms with van der Waals surface area (Å²) in [5.41, 5.74) is 3.21. The summed E-state index contributed by atoms with van der Waals surface area (Å²) >= 11 is 1.70. The lowest BCUT2D eigenvalue weighted by molar-refractivity contribution is 0.711. The molecular formula is C19H19N5S. The Hall–Kier alpha value is -2.60. The Balaban J connectivity index is 1.82. The van der Waals surface area contributed by atoms with Crippen molar-refractivity contribution in [2.75, 3.05) is 5.75 Å². The molecule has 0 saturated carbocycles. The second-order valence-corrected chi connectivity index (χ2v) is 6.97. The number of imidazole rings is 1. The van der Waals surface area contributed by atoms with Gasteiger partial charge in [0.2, 0.25) is 0 Å². The van der Waals surface area contributed by atoms with Gasteiger partial charge in [0.15, 0.2) is 11.0 Å². The van der Waals surface area contributed by atoms with Crippen LogP contribution in [0.3, 0.4) is 0 Å². The predicted molar refractivity (Wildman–Crippen MR) is 101 cm³/mol. The standard InChI is InChI=1S/C19H19N5S/c1-3-25-19-22-21-18(24(19)15-9-5-4-6-10-15)13-23-14(2)20-16-11-7-8-12-17(16)23/h4-12H,3,13H2,1-2H3. The number of aromatic nitrogens is 5. The van der Waals surface area contributed by atoms with Crippen molar-refractivity contribution >= 4 is 22.8 Å². The van der Waals surface area contributed by atoms with Crippen LogP contribution in [0.4, 0.5) is 0 Å². The second-order valence-electron chi connectivity index (χ2n) is 5.74. The van der Waals surface area contributed by atoms with E-state index in [1.165, 1.54) is 0 Å². The van der Waals surface area contributed by atoms with Crippen molar-refractivity contribution in [2.24, 2.45) is 0 Å². The highest BCUT2D eigenvalue weighted by atomic mass is 32.2. The van der Waals surface area contributed by atoms with Crippen molar-refractivity contribution in [1.82, 2.24) is 24.3 Å². The lowest BCUT2D eigenvalue weighted by Crippen LogP contribution is -2.09. The molecule has 5 nitrogen and oxygen atoms in total. The fourth-order valence-electron chi connectivity index (χ4n) is 3.00. The third-order valence-electron chi connectivity index (χ3n) is 4.13. The second kappa shape index (κ2) is 6.72. The molecule has 4 aromatic rings. The molecule has 4 rings (SSSR count). The number of thioether (sulfide) groups is 1. The molecule has 0 aliphatic carbocycles. The van der Waals surface area contributed by atoms with E-state index in [1.807, 2.05) is 43.3 Å². The van der Waals surface area contributed by atoms with Crippen LogP contribution in [0.15, 0.2) is 59.8 Å². The van der Waals surface area contributed by atoms with Crippen molar-refractivity contribution in [3.05, 3.63) is 66.2 Å². The Labute approximate surface area is 150 Å². The first-order valence-corrected chi connectivity index (χ1v) is 9.31. The monoisotopic (exact) mass is 349 g/mol. The zero-order valence-electron chi connectivity index (χ0n) is 14.3. The first-order chi connectivity index (χ1) is 12.3. The summed E-state index contributed by atoms with van der Waals surface area (Å²) in [6.45, 7) is 4.80. The molecule has 0 atom stereocenters. The molecule has 0 spiro atoms. The van der Waals surface area contributed by atoms with E-state index >= 15 is 0 Å². The maximum absolute atomic E-state index is 4.66. The fourth-order valence-corrected chi connectivity index (χ4v) is 3.70. The van der Waals surface area contributed by atoms with Crippen molar-refractivity contribution < 1.29 is 0 Å². The number of hydrogen-bond donors (Lipinski definition) is 0. The summed E-state index contributed by atoms with van der Waals surface area (Å²) < 4.78 is 4.33. The Kier molecular flexibility index (Phi) is 4.28. The summed E-state index contributed by atoms with van der Waals surface area (Å²) in [7, 11) is 0. The molecule has 0 aliphatic rings. The van der Waals surface area contributed by atoms with Crippen LogP contribution in [0, 0.1) is 6.92 Å². The van der Waals surface area contributed by atoms with Crippen molar-refractivity contribution in [3.8, 4) is 5.69 Å². The molecule has 0 bridgehead atoms. The average molecular weight is 349 g/mol. The van der Waals surface area contributed by atoms with E-state index in [4.69, 9.17) is 0 Å². The molecule has 0 N–H and O–H groups in total. The van der Waals surface area contributed by atoms with E-state index in [1.54, 1.807) is 11.8 Å². The van der Waals surface area contributed by atoms with Crippen molar-refractivity contribution in [3.63, 3.8) is 0 Å². The van der Waals surface area contributed by atoms with Gasteiger partial charge in [-0.25, -0.2) is 4.98 Å². The van der Waals surface area contributed by atoms with Crippen LogP contribution in [0.5, 0.6) is 0 Å². The number of hydrogen-bond acceptors (Lipinski definition) is 4. The molecule has 2 aromatic heterocycles. The number of rotatable bonds is 5. The van der Waals surface area contributed by atoms with Gasteiger partial charge in [0.05, 0.1) is 17.6 Å². The largest absolute Gasteiger partial charge is 0.320 e. The van der Waals surface area contributed by atoms with Gasteiger partial charge in [-0.15, -0.1) is 10.2 Å². The minimum absolute atomic E-state index is 0.637. The number of benzene rings is 2. The molecule has 126 valence electrons. The highest BCUT2D eigenvalue weighted by molar-refractivity contribution is 7.99. The molecule has 0 amide bonds. The third kappa shape index (κ3) is 2.93. The topological polar surface area (TPSA) is 48.5 Å². The van der Waals surface area contributed by atoms with Gasteiger partial charge < -0.3 is 4.57 Å². The number of nitrogens with zero attached hydrogens (tertiary/aromatic N) is 5. The summed E-state index contributed by atoms with van der Waals surface area (Å²) in [5, 5.41) is 9.81. The van der Waals surface area contributed by atoms with Crippen LogP contribution >= 0.6 is 11.8 Å². The highest BCUT2D eigenvalue weighted by Gasteiger charge is 2.16. The summed E-state index contributed by atoms with van der Waals surface area (Å²) in [6.07, 6.45) is 0. The molecule has 0 unspecified atom stereocenters. The fraction of sp³-hybridized carbons (Fsp3) is 0.211. The van der Waals surface area contributed by atoms with Crippen LogP contribution in [0.2, 0.25) is 0 Å². The van der Waals surface area contributed by atoms with Crippen molar-refractivity contribution in [2.45, 2.75) is 25.5 Å². The molecule has 25 heavy (non-hydrogen) atoms. The van der Waals surface area contributed by atoms with Crippen LogP contribution in [0.25, 0.3) is 16.7 Å². The van der Waals surface area contributed by atoms with E-state index < -0.39 is 0 Å². The third-order valence-corrected chi connectivity index (χ3v) is 4.94. The Morgan fingerprint density at radius 3 is 2.52 bits per heavy atom. The zero-order valence-corrected chi connectivity index (χ0v) is 15.1. The summed E-state index contributed by atoms with van der Waals surface area (Å²) in [6, 6.07) is 18.5. The highest BCUT2D eigenvalue weighted by Crippen LogP contribution is 2.24. The molecule has 0 fully saturated rings. The maximum atomic E-state index is 4.66. The van der Waals surface area contributed by atoms with Gasteiger partial charge in [-0.3, -0.25) is 4.57 Å². The number of aryl methyl sites for hydroxylation is 1. The Bertz CT molecular complexity index is 1000. The maximum Gasteiger partial charge on any atom is 0.195 e. The van der Waals surface area contributed by atoms with E-state index in [2.05, 4.69) is 49.4 Å².